The monoisotopic (exact) mass is 524 g/mol. The van der Waals surface area contributed by atoms with Gasteiger partial charge in [0, 0.05) is 10.7 Å². The summed E-state index contributed by atoms with van der Waals surface area (Å²) in [4.78, 5) is 12.7. The van der Waals surface area contributed by atoms with Crippen LogP contribution in [0.5, 0.6) is 11.5 Å². The fourth-order valence-corrected chi connectivity index (χ4v) is 3.77. The first-order valence-corrected chi connectivity index (χ1v) is 11.2. The van der Waals surface area contributed by atoms with Crippen LogP contribution in [0.15, 0.2) is 64.6 Å². The van der Waals surface area contributed by atoms with Gasteiger partial charge in [0.15, 0.2) is 11.5 Å². The molecule has 0 atom stereocenters. The van der Waals surface area contributed by atoms with Crippen LogP contribution in [0.1, 0.15) is 22.3 Å². The minimum atomic E-state index is -0.482. The summed E-state index contributed by atoms with van der Waals surface area (Å²) in [5, 5.41) is 13.1. The fourth-order valence-electron chi connectivity index (χ4n) is 3.07. The van der Waals surface area contributed by atoms with Crippen LogP contribution >= 0.6 is 27.5 Å². The maximum Gasteiger partial charge on any atom is 0.266 e. The molecule has 0 aliphatic rings. The number of methoxy groups -OCH3 is 1. The molecule has 0 heterocycles. The molecule has 3 rings (SSSR count). The third kappa shape index (κ3) is 6.38. The number of amides is 1. The van der Waals surface area contributed by atoms with Crippen LogP contribution < -0.4 is 14.8 Å². The quantitative estimate of drug-likeness (QED) is 0.270. The molecule has 0 fully saturated rings. The molecule has 0 saturated carbocycles. The molecule has 5 nitrogen and oxygen atoms in total. The van der Waals surface area contributed by atoms with Crippen LogP contribution in [0.2, 0.25) is 5.02 Å². The smallest absolute Gasteiger partial charge is 0.266 e. The third-order valence-electron chi connectivity index (χ3n) is 4.87. The van der Waals surface area contributed by atoms with Gasteiger partial charge in [-0.25, -0.2) is 0 Å². The second-order valence-corrected chi connectivity index (χ2v) is 8.68. The Morgan fingerprint density at radius 3 is 2.55 bits per heavy atom. The molecule has 3 aromatic carbocycles. The van der Waals surface area contributed by atoms with Crippen LogP contribution in [0.3, 0.4) is 0 Å². The SMILES string of the molecule is COc1cc(/C=C(/C#N)C(=O)Nc2cc(C)ccc2C)cc(Br)c1OCc1ccc(Cl)cc1. The number of rotatable bonds is 7. The molecule has 3 aromatic rings. The lowest BCUT2D eigenvalue weighted by Crippen LogP contribution is -2.14. The summed E-state index contributed by atoms with van der Waals surface area (Å²) >= 11 is 9.43. The van der Waals surface area contributed by atoms with Crippen molar-refractivity contribution in [2.45, 2.75) is 20.5 Å². The zero-order chi connectivity index (χ0) is 24.0. The normalized spacial score (nSPS) is 11.0. The highest BCUT2D eigenvalue weighted by Gasteiger charge is 2.15. The summed E-state index contributed by atoms with van der Waals surface area (Å²) < 4.78 is 12.1. The lowest BCUT2D eigenvalue weighted by molar-refractivity contribution is -0.112. The molecule has 0 aliphatic heterocycles. The van der Waals surface area contributed by atoms with Crippen LogP contribution in [0.4, 0.5) is 5.69 Å². The van der Waals surface area contributed by atoms with Crippen molar-refractivity contribution < 1.29 is 14.3 Å². The summed E-state index contributed by atoms with van der Waals surface area (Å²) in [5.74, 6) is 0.504. The first kappa shape index (κ1) is 24.4. The van der Waals surface area contributed by atoms with Gasteiger partial charge in [-0.15, -0.1) is 0 Å². The summed E-state index contributed by atoms with van der Waals surface area (Å²) in [6.07, 6.45) is 1.51. The summed E-state index contributed by atoms with van der Waals surface area (Å²) in [6, 6.07) is 18.6. The van der Waals surface area contributed by atoms with E-state index in [9.17, 15) is 10.1 Å². The van der Waals surface area contributed by atoms with E-state index in [-0.39, 0.29) is 5.57 Å². The number of hydrogen-bond acceptors (Lipinski definition) is 4. The van der Waals surface area contributed by atoms with Gasteiger partial charge in [-0.2, -0.15) is 5.26 Å². The van der Waals surface area contributed by atoms with Crippen molar-refractivity contribution in [1.29, 1.82) is 5.26 Å². The van der Waals surface area contributed by atoms with Crippen molar-refractivity contribution in [1.82, 2.24) is 0 Å². The first-order chi connectivity index (χ1) is 15.8. The predicted molar refractivity (Wildman–Crippen MR) is 135 cm³/mol. The number of nitriles is 1. The molecule has 1 amide bonds. The Balaban J connectivity index is 1.83. The number of ether oxygens (including phenoxy) is 2. The second kappa shape index (κ2) is 11.0. The van der Waals surface area contributed by atoms with Gasteiger partial charge < -0.3 is 14.8 Å². The topological polar surface area (TPSA) is 71.3 Å². The molecule has 7 heteroatoms. The average molecular weight is 526 g/mol. The number of anilines is 1. The van der Waals surface area contributed by atoms with E-state index in [1.165, 1.54) is 13.2 Å². The molecule has 0 aromatic heterocycles. The molecule has 0 aliphatic carbocycles. The third-order valence-corrected chi connectivity index (χ3v) is 5.71. The van der Waals surface area contributed by atoms with Gasteiger partial charge in [0.1, 0.15) is 18.2 Å². The number of carbonyl (C=O) groups is 1. The van der Waals surface area contributed by atoms with E-state index >= 15 is 0 Å². The molecule has 0 unspecified atom stereocenters. The van der Waals surface area contributed by atoms with E-state index in [2.05, 4.69) is 21.2 Å². The number of aryl methyl sites for hydroxylation is 2. The van der Waals surface area contributed by atoms with E-state index in [1.807, 2.05) is 50.2 Å². The van der Waals surface area contributed by atoms with Gasteiger partial charge in [0.05, 0.1) is 11.6 Å². The molecular weight excluding hydrogens is 504 g/mol. The lowest BCUT2D eigenvalue weighted by atomic mass is 10.1. The van der Waals surface area contributed by atoms with Crippen molar-refractivity contribution in [2.24, 2.45) is 0 Å². The molecule has 0 spiro atoms. The lowest BCUT2D eigenvalue weighted by Gasteiger charge is -2.14. The zero-order valence-electron chi connectivity index (χ0n) is 18.4. The van der Waals surface area contributed by atoms with Crippen LogP contribution in [0.25, 0.3) is 6.08 Å². The van der Waals surface area contributed by atoms with E-state index in [0.717, 1.165) is 16.7 Å². The molecular formula is C26H22BrClN2O3. The van der Waals surface area contributed by atoms with Crippen LogP contribution in [0, 0.1) is 25.2 Å². The highest BCUT2D eigenvalue weighted by molar-refractivity contribution is 9.10. The molecule has 33 heavy (non-hydrogen) atoms. The van der Waals surface area contributed by atoms with Crippen molar-refractivity contribution >= 4 is 45.2 Å². The van der Waals surface area contributed by atoms with Crippen LogP contribution in [-0.2, 0) is 11.4 Å². The Hall–Kier alpha value is -3.27. The second-order valence-electron chi connectivity index (χ2n) is 7.39. The van der Waals surface area contributed by atoms with Gasteiger partial charge in [-0.3, -0.25) is 4.79 Å². The molecule has 0 saturated heterocycles. The number of nitrogens with one attached hydrogen (secondary N) is 1. The molecule has 168 valence electrons. The molecule has 0 radical (unpaired) electrons. The number of nitrogens with zero attached hydrogens (tertiary/aromatic N) is 1. The highest BCUT2D eigenvalue weighted by atomic mass is 79.9. The number of benzene rings is 3. The van der Waals surface area contributed by atoms with Gasteiger partial charge in [-0.1, -0.05) is 35.9 Å². The number of carbonyl (C=O) groups excluding carboxylic acids is 1. The van der Waals surface area contributed by atoms with Crippen molar-refractivity contribution in [3.63, 3.8) is 0 Å². The molecule has 1 N–H and O–H groups in total. The maximum atomic E-state index is 12.7. The Kier molecular flexibility index (Phi) is 8.16. The fraction of sp³-hybridized carbons (Fsp3) is 0.154. The van der Waals surface area contributed by atoms with Gasteiger partial charge in [0.25, 0.3) is 5.91 Å². The van der Waals surface area contributed by atoms with Crippen molar-refractivity contribution in [3.05, 3.63) is 91.9 Å². The Morgan fingerprint density at radius 2 is 1.88 bits per heavy atom. The van der Waals surface area contributed by atoms with Gasteiger partial charge in [0.2, 0.25) is 0 Å². The number of halogens is 2. The minimum Gasteiger partial charge on any atom is -0.493 e. The zero-order valence-corrected chi connectivity index (χ0v) is 20.8. The van der Waals surface area contributed by atoms with E-state index < -0.39 is 5.91 Å². The Labute approximate surface area is 206 Å². The average Bonchev–Trinajstić information content (AvgIpc) is 2.79. The number of hydrogen-bond donors (Lipinski definition) is 1. The molecule has 0 bridgehead atoms. The maximum absolute atomic E-state index is 12.7. The summed E-state index contributed by atoms with van der Waals surface area (Å²) in [5.41, 5.74) is 4.14. The predicted octanol–water partition coefficient (Wildman–Crippen LogP) is 6.85. The Bertz CT molecular complexity index is 1250. The van der Waals surface area contributed by atoms with Gasteiger partial charge in [-0.05, 0) is 88.4 Å². The Morgan fingerprint density at radius 1 is 1.15 bits per heavy atom. The summed E-state index contributed by atoms with van der Waals surface area (Å²) in [7, 11) is 1.53. The van der Waals surface area contributed by atoms with E-state index in [1.54, 1.807) is 24.3 Å². The minimum absolute atomic E-state index is 0.0281. The highest BCUT2D eigenvalue weighted by Crippen LogP contribution is 2.38. The van der Waals surface area contributed by atoms with Crippen molar-refractivity contribution in [3.8, 4) is 17.6 Å². The van der Waals surface area contributed by atoms with E-state index in [4.69, 9.17) is 21.1 Å². The van der Waals surface area contributed by atoms with Crippen LogP contribution in [-0.4, -0.2) is 13.0 Å². The summed E-state index contributed by atoms with van der Waals surface area (Å²) in [6.45, 7) is 4.16. The van der Waals surface area contributed by atoms with Crippen molar-refractivity contribution in [2.75, 3.05) is 12.4 Å². The van der Waals surface area contributed by atoms with E-state index in [0.29, 0.717) is 38.9 Å². The standard InChI is InChI=1S/C26H22BrClN2O3/c1-16-4-5-17(2)23(10-16)30-26(31)20(14-29)11-19-12-22(27)25(24(13-19)32-3)33-15-18-6-8-21(28)9-7-18/h4-13H,15H2,1-3H3,(H,30,31)/b20-11-. The van der Waals surface area contributed by atoms with Gasteiger partial charge >= 0.3 is 0 Å². The largest absolute Gasteiger partial charge is 0.493 e. The first-order valence-electron chi connectivity index (χ1n) is 10.1.